The van der Waals surface area contributed by atoms with Gasteiger partial charge >= 0.3 is 5.97 Å². The molecular weight excluding hydrogens is 377 g/mol. The molecule has 0 radical (unpaired) electrons. The molecule has 3 aliphatic heterocycles. The number of carbonyl (C=O) groups excluding carboxylic acids is 1. The number of nitrogens with zero attached hydrogens (tertiary/aromatic N) is 3. The highest BCUT2D eigenvalue weighted by molar-refractivity contribution is 6.14. The van der Waals surface area contributed by atoms with Crippen molar-refractivity contribution in [1.82, 2.24) is 4.90 Å². The zero-order valence-electron chi connectivity index (χ0n) is 15.3. The Labute approximate surface area is 163 Å². The minimum atomic E-state index is -1.18. The lowest BCUT2D eigenvalue weighted by Crippen LogP contribution is -2.51. The Morgan fingerprint density at radius 2 is 1.93 bits per heavy atom. The largest absolute Gasteiger partial charge is 0.487 e. The highest BCUT2D eigenvalue weighted by Gasteiger charge is 2.44. The molecule has 0 aromatic heterocycles. The van der Waals surface area contributed by atoms with Gasteiger partial charge in [-0.1, -0.05) is 0 Å². The van der Waals surface area contributed by atoms with E-state index in [1.165, 1.54) is 6.07 Å². The van der Waals surface area contributed by atoms with Crippen molar-refractivity contribution in [2.24, 2.45) is 5.92 Å². The molecular formula is C18H23ClFN3O4. The Hall–Kier alpha value is -2.06. The Bertz CT molecular complexity index is 782. The first kappa shape index (κ1) is 19.7. The van der Waals surface area contributed by atoms with E-state index in [0.717, 1.165) is 13.1 Å². The quantitative estimate of drug-likeness (QED) is 0.755. The molecule has 1 N–H and O–H groups in total. The van der Waals surface area contributed by atoms with Crippen LogP contribution in [0, 0.1) is 11.7 Å². The normalized spacial score (nSPS) is 24.8. The fourth-order valence-electron chi connectivity index (χ4n) is 3.98. The Morgan fingerprint density at radius 1 is 1.26 bits per heavy atom. The molecule has 0 aliphatic carbocycles. The fourth-order valence-corrected chi connectivity index (χ4v) is 3.98. The molecule has 0 spiro atoms. The lowest BCUT2D eigenvalue weighted by atomic mass is 9.88. The summed E-state index contributed by atoms with van der Waals surface area (Å²) in [6.45, 7) is 5.31. The SMILES string of the molecule is CC1COc2c(N3CCN(C)CC3)c(F)cc3c2N1CC(C(=O)O)C3=O.Cl. The number of hydrogen-bond donors (Lipinski definition) is 1. The van der Waals surface area contributed by atoms with Crippen LogP contribution in [0.1, 0.15) is 17.3 Å². The van der Waals surface area contributed by atoms with Crippen molar-refractivity contribution in [3.8, 4) is 5.75 Å². The number of anilines is 2. The van der Waals surface area contributed by atoms with Gasteiger partial charge in [0.2, 0.25) is 0 Å². The monoisotopic (exact) mass is 399 g/mol. The third-order valence-electron chi connectivity index (χ3n) is 5.55. The molecule has 0 amide bonds. The van der Waals surface area contributed by atoms with Gasteiger partial charge in [-0.3, -0.25) is 9.59 Å². The van der Waals surface area contributed by atoms with E-state index in [2.05, 4.69) is 4.90 Å². The molecule has 7 nitrogen and oxygen atoms in total. The van der Waals surface area contributed by atoms with Crippen molar-refractivity contribution in [3.63, 3.8) is 0 Å². The third-order valence-corrected chi connectivity index (χ3v) is 5.55. The van der Waals surface area contributed by atoms with Crippen molar-refractivity contribution in [2.75, 3.05) is 56.2 Å². The molecule has 2 unspecified atom stereocenters. The van der Waals surface area contributed by atoms with Crippen molar-refractivity contribution < 1.29 is 23.8 Å². The second kappa shape index (κ2) is 7.16. The van der Waals surface area contributed by atoms with Crippen molar-refractivity contribution in [1.29, 1.82) is 0 Å². The van der Waals surface area contributed by atoms with Gasteiger partial charge in [-0.2, -0.15) is 0 Å². The zero-order valence-corrected chi connectivity index (χ0v) is 16.1. The average molecular weight is 400 g/mol. The van der Waals surface area contributed by atoms with Crippen LogP contribution in [0.4, 0.5) is 15.8 Å². The molecule has 2 atom stereocenters. The van der Waals surface area contributed by atoms with Crippen molar-refractivity contribution in [3.05, 3.63) is 17.4 Å². The van der Waals surface area contributed by atoms with E-state index in [9.17, 15) is 14.7 Å². The highest BCUT2D eigenvalue weighted by Crippen LogP contribution is 2.48. The first-order valence-electron chi connectivity index (χ1n) is 8.85. The molecule has 0 bridgehead atoms. The van der Waals surface area contributed by atoms with Crippen LogP contribution in [-0.2, 0) is 4.79 Å². The molecule has 3 aliphatic rings. The van der Waals surface area contributed by atoms with Gasteiger partial charge in [-0.05, 0) is 20.0 Å². The molecule has 1 fully saturated rings. The lowest BCUT2D eigenvalue weighted by Gasteiger charge is -2.44. The van der Waals surface area contributed by atoms with E-state index >= 15 is 4.39 Å². The number of hydrogen-bond acceptors (Lipinski definition) is 6. The maximum atomic E-state index is 15.0. The highest BCUT2D eigenvalue weighted by atomic mass is 35.5. The molecule has 4 rings (SSSR count). The molecule has 1 aromatic carbocycles. The number of ether oxygens (including phenoxy) is 1. The van der Waals surface area contributed by atoms with E-state index in [-0.39, 0.29) is 30.6 Å². The van der Waals surface area contributed by atoms with Gasteiger partial charge in [0.25, 0.3) is 0 Å². The second-order valence-electron chi connectivity index (χ2n) is 7.29. The van der Waals surface area contributed by atoms with Crippen molar-refractivity contribution >= 4 is 35.5 Å². The first-order chi connectivity index (χ1) is 12.4. The van der Waals surface area contributed by atoms with Crippen LogP contribution in [0.2, 0.25) is 0 Å². The standard InChI is InChI=1S/C18H22FN3O4.ClH/c1-10-9-26-17-14-11(16(23)12(18(24)25)8-22(10)14)7-13(19)15(17)21-5-3-20(2)4-6-21;/h7,10,12H,3-6,8-9H2,1-2H3,(H,24,25);1H. The summed E-state index contributed by atoms with van der Waals surface area (Å²) in [6.07, 6.45) is 0. The zero-order chi connectivity index (χ0) is 18.6. The summed E-state index contributed by atoms with van der Waals surface area (Å²) >= 11 is 0. The number of halogens is 2. The van der Waals surface area contributed by atoms with E-state index in [1.807, 2.05) is 23.8 Å². The molecule has 0 saturated carbocycles. The maximum absolute atomic E-state index is 15.0. The van der Waals surface area contributed by atoms with Crippen LogP contribution in [0.5, 0.6) is 5.75 Å². The van der Waals surface area contributed by atoms with Gasteiger partial charge < -0.3 is 24.5 Å². The molecule has 9 heteroatoms. The minimum Gasteiger partial charge on any atom is -0.487 e. The number of carboxylic acids is 1. The van der Waals surface area contributed by atoms with Crippen LogP contribution in [0.15, 0.2) is 6.07 Å². The number of carboxylic acid groups (broad SMARTS) is 1. The number of likely N-dealkylation sites (N-methyl/N-ethyl adjacent to an activating group) is 1. The number of carbonyl (C=O) groups is 2. The van der Waals surface area contributed by atoms with E-state index in [1.54, 1.807) is 0 Å². The predicted molar refractivity (Wildman–Crippen MR) is 101 cm³/mol. The lowest BCUT2D eigenvalue weighted by molar-refractivity contribution is -0.139. The summed E-state index contributed by atoms with van der Waals surface area (Å²) in [5.41, 5.74) is 1.04. The van der Waals surface area contributed by atoms with Crippen LogP contribution in [-0.4, -0.2) is 74.2 Å². The van der Waals surface area contributed by atoms with Crippen molar-refractivity contribution in [2.45, 2.75) is 13.0 Å². The van der Waals surface area contributed by atoms with Gasteiger partial charge in [0.15, 0.2) is 17.3 Å². The van der Waals surface area contributed by atoms with Gasteiger partial charge in [-0.25, -0.2) is 4.39 Å². The van der Waals surface area contributed by atoms with E-state index in [4.69, 9.17) is 4.74 Å². The number of rotatable bonds is 2. The third kappa shape index (κ3) is 3.10. The molecule has 1 aromatic rings. The number of benzene rings is 1. The van der Waals surface area contributed by atoms with Gasteiger partial charge in [0.05, 0.1) is 11.7 Å². The summed E-state index contributed by atoms with van der Waals surface area (Å²) in [5, 5.41) is 9.39. The fraction of sp³-hybridized carbons (Fsp3) is 0.556. The number of piperazine rings is 1. The van der Waals surface area contributed by atoms with Gasteiger partial charge in [0.1, 0.15) is 18.2 Å². The summed E-state index contributed by atoms with van der Waals surface area (Å²) in [5.74, 6) is -3.06. The topological polar surface area (TPSA) is 73.3 Å². The number of Topliss-reactive ketones (excluding diaryl/α,β-unsaturated/α-hetero) is 1. The average Bonchev–Trinajstić information content (AvgIpc) is 2.60. The summed E-state index contributed by atoms with van der Waals surface area (Å²) < 4.78 is 20.9. The molecule has 27 heavy (non-hydrogen) atoms. The minimum absolute atomic E-state index is 0. The first-order valence-corrected chi connectivity index (χ1v) is 8.85. The number of aliphatic carboxylic acids is 1. The van der Waals surface area contributed by atoms with Crippen LogP contribution in [0.3, 0.4) is 0 Å². The maximum Gasteiger partial charge on any atom is 0.316 e. The Balaban J connectivity index is 0.00000210. The van der Waals surface area contributed by atoms with Crippen LogP contribution >= 0.6 is 12.4 Å². The second-order valence-corrected chi connectivity index (χ2v) is 7.29. The van der Waals surface area contributed by atoms with Crippen LogP contribution < -0.4 is 14.5 Å². The molecule has 3 heterocycles. The smallest absolute Gasteiger partial charge is 0.316 e. The van der Waals surface area contributed by atoms with Crippen LogP contribution in [0.25, 0.3) is 0 Å². The summed E-state index contributed by atoms with van der Waals surface area (Å²) in [6, 6.07) is 1.11. The Morgan fingerprint density at radius 3 is 2.56 bits per heavy atom. The number of ketones is 1. The molecule has 1 saturated heterocycles. The molecule has 148 valence electrons. The predicted octanol–water partition coefficient (Wildman–Crippen LogP) is 1.48. The summed E-state index contributed by atoms with van der Waals surface area (Å²) in [7, 11) is 2.02. The Kier molecular flexibility index (Phi) is 5.22. The van der Waals surface area contributed by atoms with E-state index < -0.39 is 23.5 Å². The van der Waals surface area contributed by atoms with Gasteiger partial charge in [0, 0.05) is 38.3 Å². The van der Waals surface area contributed by atoms with E-state index in [0.29, 0.717) is 36.8 Å². The summed E-state index contributed by atoms with van der Waals surface area (Å²) in [4.78, 5) is 30.1. The van der Waals surface area contributed by atoms with Gasteiger partial charge in [-0.15, -0.1) is 12.4 Å².